The normalized spacial score (nSPS) is 15.0. The largest absolute Gasteiger partial charge is 0.356 e. The molecule has 0 bridgehead atoms. The van der Waals surface area contributed by atoms with E-state index in [9.17, 15) is 0 Å². The number of imidazole rings is 1. The van der Waals surface area contributed by atoms with E-state index in [0.717, 1.165) is 48.6 Å². The van der Waals surface area contributed by atoms with Crippen LogP contribution < -0.4 is 10.6 Å². The molecule has 118 valence electrons. The van der Waals surface area contributed by atoms with Crippen LogP contribution in [0.2, 0.25) is 0 Å². The highest BCUT2D eigenvalue weighted by molar-refractivity contribution is 14.0. The van der Waals surface area contributed by atoms with E-state index < -0.39 is 0 Å². The van der Waals surface area contributed by atoms with Crippen LogP contribution in [-0.4, -0.2) is 35.6 Å². The molecule has 6 heteroatoms. The number of fused-ring (bicyclic) bond motifs is 1. The average Bonchev–Trinajstić information content (AvgIpc) is 3.14. The lowest BCUT2D eigenvalue weighted by Gasteiger charge is -2.16. The zero-order chi connectivity index (χ0) is 14.5. The zero-order valence-electron chi connectivity index (χ0n) is 12.7. The molecule has 3 N–H and O–H groups in total. The number of aliphatic imine (C=N–C) groups is 1. The molecule has 3 rings (SSSR count). The summed E-state index contributed by atoms with van der Waals surface area (Å²) < 4.78 is 0. The highest BCUT2D eigenvalue weighted by Gasteiger charge is 2.11. The number of hydrogen-bond donors (Lipinski definition) is 3. The number of benzene rings is 1. The summed E-state index contributed by atoms with van der Waals surface area (Å²) in [6, 6.07) is 8.57. The zero-order valence-corrected chi connectivity index (χ0v) is 15.0. The maximum atomic E-state index is 4.57. The fourth-order valence-electron chi connectivity index (χ4n) is 2.55. The molecule has 1 aliphatic rings. The predicted molar refractivity (Wildman–Crippen MR) is 102 cm³/mol. The Labute approximate surface area is 147 Å². The third-order valence-corrected chi connectivity index (χ3v) is 3.66. The van der Waals surface area contributed by atoms with Gasteiger partial charge in [-0.1, -0.05) is 24.3 Å². The van der Waals surface area contributed by atoms with Crippen LogP contribution in [0.4, 0.5) is 0 Å². The lowest BCUT2D eigenvalue weighted by Crippen LogP contribution is -2.43. The second-order valence-corrected chi connectivity index (χ2v) is 5.23. The number of nitrogens with zero attached hydrogens (tertiary/aromatic N) is 2. The van der Waals surface area contributed by atoms with Crippen molar-refractivity contribution in [3.63, 3.8) is 0 Å². The highest BCUT2D eigenvalue weighted by Crippen LogP contribution is 2.10. The van der Waals surface area contributed by atoms with E-state index in [2.05, 4.69) is 37.7 Å². The Balaban J connectivity index is 0.00000176. The molecule has 0 fully saturated rings. The first-order valence-electron chi connectivity index (χ1n) is 7.41. The Morgan fingerprint density at radius 2 is 2.09 bits per heavy atom. The maximum absolute atomic E-state index is 4.57. The number of rotatable bonds is 4. The predicted octanol–water partition coefficient (Wildman–Crippen LogP) is 2.61. The van der Waals surface area contributed by atoms with E-state index in [1.807, 2.05) is 24.3 Å². The van der Waals surface area contributed by atoms with Gasteiger partial charge in [0.25, 0.3) is 0 Å². The summed E-state index contributed by atoms with van der Waals surface area (Å²) in [6.07, 6.45) is 7.41. The first-order chi connectivity index (χ1) is 10.3. The van der Waals surface area contributed by atoms with Crippen LogP contribution >= 0.6 is 24.0 Å². The van der Waals surface area contributed by atoms with Crippen LogP contribution in [0.1, 0.15) is 18.7 Å². The van der Waals surface area contributed by atoms with Crippen LogP contribution in [0.5, 0.6) is 0 Å². The molecule has 1 aliphatic carbocycles. The Bertz CT molecular complexity index is 620. The van der Waals surface area contributed by atoms with Gasteiger partial charge in [0.2, 0.25) is 0 Å². The van der Waals surface area contributed by atoms with Crippen molar-refractivity contribution in [1.82, 2.24) is 20.6 Å². The first-order valence-corrected chi connectivity index (χ1v) is 7.41. The molecule has 22 heavy (non-hydrogen) atoms. The maximum Gasteiger partial charge on any atom is 0.191 e. The molecule has 1 heterocycles. The number of halogens is 1. The molecule has 0 unspecified atom stereocenters. The fourth-order valence-corrected chi connectivity index (χ4v) is 2.55. The van der Waals surface area contributed by atoms with Crippen molar-refractivity contribution >= 4 is 41.0 Å². The minimum absolute atomic E-state index is 0. The van der Waals surface area contributed by atoms with Gasteiger partial charge in [0, 0.05) is 26.1 Å². The van der Waals surface area contributed by atoms with Gasteiger partial charge in [-0.05, 0) is 25.0 Å². The van der Waals surface area contributed by atoms with Crippen molar-refractivity contribution < 1.29 is 0 Å². The van der Waals surface area contributed by atoms with Crippen molar-refractivity contribution in [3.8, 4) is 0 Å². The number of aromatic nitrogens is 2. The second-order valence-electron chi connectivity index (χ2n) is 5.23. The van der Waals surface area contributed by atoms with Crippen molar-refractivity contribution in [3.05, 3.63) is 42.2 Å². The number of guanidine groups is 1. The van der Waals surface area contributed by atoms with Gasteiger partial charge in [0.1, 0.15) is 5.82 Å². The molecule has 0 saturated heterocycles. The third-order valence-electron chi connectivity index (χ3n) is 3.66. The van der Waals surface area contributed by atoms with E-state index in [1.54, 1.807) is 7.05 Å². The van der Waals surface area contributed by atoms with Crippen LogP contribution in [0.15, 0.2) is 41.4 Å². The molecular weight excluding hydrogens is 389 g/mol. The molecule has 0 saturated carbocycles. The number of H-pyrrole nitrogens is 1. The summed E-state index contributed by atoms with van der Waals surface area (Å²) in [5.74, 6) is 1.86. The van der Waals surface area contributed by atoms with E-state index in [1.165, 1.54) is 0 Å². The standard InChI is InChI=1S/C16H21N5.HI/c1-17-16(19-12-6-2-3-7-12)18-11-10-15-20-13-8-4-5-9-14(13)21-15;/h2-5,8-9,12H,6-7,10-11H2,1H3,(H,20,21)(H2,17,18,19);1H. The first kappa shape index (κ1) is 16.8. The van der Waals surface area contributed by atoms with Crippen molar-refractivity contribution in [2.75, 3.05) is 13.6 Å². The van der Waals surface area contributed by atoms with Gasteiger partial charge in [-0.15, -0.1) is 24.0 Å². The van der Waals surface area contributed by atoms with Gasteiger partial charge in [0.15, 0.2) is 5.96 Å². The van der Waals surface area contributed by atoms with Gasteiger partial charge in [0.05, 0.1) is 11.0 Å². The second kappa shape index (κ2) is 8.17. The highest BCUT2D eigenvalue weighted by atomic mass is 127. The monoisotopic (exact) mass is 411 g/mol. The SMILES string of the molecule is CN=C(NCCc1nc2ccccc2[nH]1)NC1CC=CC1.I. The molecule has 0 aliphatic heterocycles. The summed E-state index contributed by atoms with van der Waals surface area (Å²) >= 11 is 0. The van der Waals surface area contributed by atoms with Crippen LogP contribution in [-0.2, 0) is 6.42 Å². The molecular formula is C16H22IN5. The van der Waals surface area contributed by atoms with Gasteiger partial charge in [-0.25, -0.2) is 4.98 Å². The quantitative estimate of drug-likeness (QED) is 0.314. The average molecular weight is 411 g/mol. The Morgan fingerprint density at radius 3 is 2.82 bits per heavy atom. The molecule has 0 amide bonds. The van der Waals surface area contributed by atoms with Gasteiger partial charge in [-0.3, -0.25) is 4.99 Å². The summed E-state index contributed by atoms with van der Waals surface area (Å²) in [5, 5.41) is 6.76. The molecule has 0 atom stereocenters. The molecule has 2 aromatic rings. The lowest BCUT2D eigenvalue weighted by molar-refractivity contribution is 0.632. The molecule has 0 radical (unpaired) electrons. The van der Waals surface area contributed by atoms with E-state index in [0.29, 0.717) is 6.04 Å². The van der Waals surface area contributed by atoms with Crippen molar-refractivity contribution in [2.24, 2.45) is 4.99 Å². The van der Waals surface area contributed by atoms with Crippen LogP contribution in [0.25, 0.3) is 11.0 Å². The minimum Gasteiger partial charge on any atom is -0.356 e. The smallest absolute Gasteiger partial charge is 0.191 e. The van der Waals surface area contributed by atoms with Gasteiger partial charge in [-0.2, -0.15) is 0 Å². The third kappa shape index (κ3) is 4.22. The van der Waals surface area contributed by atoms with Crippen molar-refractivity contribution in [1.29, 1.82) is 0 Å². The summed E-state index contributed by atoms with van der Waals surface area (Å²) in [5.41, 5.74) is 2.11. The number of para-hydroxylation sites is 2. The molecule has 5 nitrogen and oxygen atoms in total. The Hall–Kier alpha value is -1.57. The summed E-state index contributed by atoms with van der Waals surface area (Å²) in [6.45, 7) is 0.805. The topological polar surface area (TPSA) is 65.1 Å². The lowest BCUT2D eigenvalue weighted by atomic mass is 10.2. The number of aromatic amines is 1. The van der Waals surface area contributed by atoms with Crippen LogP contribution in [0.3, 0.4) is 0 Å². The number of hydrogen-bond acceptors (Lipinski definition) is 2. The fraction of sp³-hybridized carbons (Fsp3) is 0.375. The van der Waals surface area contributed by atoms with E-state index in [-0.39, 0.29) is 24.0 Å². The minimum atomic E-state index is 0. The van der Waals surface area contributed by atoms with Gasteiger partial charge >= 0.3 is 0 Å². The number of nitrogens with one attached hydrogen (secondary N) is 3. The summed E-state index contributed by atoms with van der Waals surface area (Å²) in [7, 11) is 1.80. The Kier molecular flexibility index (Phi) is 6.23. The van der Waals surface area contributed by atoms with E-state index >= 15 is 0 Å². The molecule has 0 spiro atoms. The Morgan fingerprint density at radius 1 is 1.32 bits per heavy atom. The van der Waals surface area contributed by atoms with Crippen LogP contribution in [0, 0.1) is 0 Å². The molecule has 1 aromatic heterocycles. The molecule has 1 aromatic carbocycles. The van der Waals surface area contributed by atoms with Crippen molar-refractivity contribution in [2.45, 2.75) is 25.3 Å². The summed E-state index contributed by atoms with van der Waals surface area (Å²) in [4.78, 5) is 12.2. The van der Waals surface area contributed by atoms with Gasteiger partial charge < -0.3 is 15.6 Å². The van der Waals surface area contributed by atoms with E-state index in [4.69, 9.17) is 0 Å².